The fraction of sp³-hybridized carbons (Fsp3) is 0.861. The van der Waals surface area contributed by atoms with Crippen molar-refractivity contribution >= 4 is 11.9 Å². The summed E-state index contributed by atoms with van der Waals surface area (Å²) >= 11 is 0. The van der Waals surface area contributed by atoms with Gasteiger partial charge in [-0.05, 0) is 89.9 Å². The molecule has 0 saturated heterocycles. The number of aliphatic hydroxyl groups excluding tert-OH is 2. The first-order valence-corrected chi connectivity index (χ1v) is 34.9. The van der Waals surface area contributed by atoms with Gasteiger partial charge in [0, 0.05) is 12.8 Å². The summed E-state index contributed by atoms with van der Waals surface area (Å²) < 4.78 is 5.48. The van der Waals surface area contributed by atoms with Crippen molar-refractivity contribution in [1.29, 1.82) is 0 Å². The molecule has 0 rings (SSSR count). The van der Waals surface area contributed by atoms with Gasteiger partial charge in [0.1, 0.15) is 0 Å². The van der Waals surface area contributed by atoms with E-state index in [1.807, 2.05) is 6.08 Å². The number of carbonyl (C=O) groups is 2. The zero-order valence-electron chi connectivity index (χ0n) is 52.4. The van der Waals surface area contributed by atoms with Gasteiger partial charge in [-0.3, -0.25) is 9.59 Å². The standard InChI is InChI=1S/C72H135NO5/c1-3-5-7-9-11-13-15-17-19-20-21-22-23-24-27-30-33-37-40-44-48-52-56-60-64-70(75)69(68-74)73-71(76)65-61-57-53-49-45-41-38-34-31-28-25-26-29-32-35-39-43-47-51-55-59-63-67-78-72(77)66-62-58-54-50-46-42-36-18-16-14-12-10-8-6-4-2/h12,14,18,28,31,36,60,64,69-70,74-75H,3-11,13,15-17,19-27,29-30,32-35,37-59,61-63,65-68H2,1-2H3,(H,73,76)/b14-12-,31-28-,36-18-,64-60+. The number of unbranched alkanes of at least 4 members (excludes halogenated alkanes) is 48. The van der Waals surface area contributed by atoms with Gasteiger partial charge < -0.3 is 20.3 Å². The van der Waals surface area contributed by atoms with Crippen LogP contribution in [0.5, 0.6) is 0 Å². The first-order valence-electron chi connectivity index (χ1n) is 34.9. The molecule has 0 saturated carbocycles. The summed E-state index contributed by atoms with van der Waals surface area (Å²) in [7, 11) is 0. The smallest absolute Gasteiger partial charge is 0.305 e. The van der Waals surface area contributed by atoms with Crippen LogP contribution in [0.1, 0.15) is 373 Å². The molecule has 0 aromatic heterocycles. The summed E-state index contributed by atoms with van der Waals surface area (Å²) in [5.41, 5.74) is 0. The number of amides is 1. The molecule has 0 spiro atoms. The van der Waals surface area contributed by atoms with E-state index >= 15 is 0 Å². The van der Waals surface area contributed by atoms with Crippen LogP contribution in [0.25, 0.3) is 0 Å². The van der Waals surface area contributed by atoms with Crippen molar-refractivity contribution < 1.29 is 24.5 Å². The van der Waals surface area contributed by atoms with Gasteiger partial charge in [0.15, 0.2) is 0 Å². The van der Waals surface area contributed by atoms with Crippen molar-refractivity contribution in [3.8, 4) is 0 Å². The molecule has 6 heteroatoms. The van der Waals surface area contributed by atoms with Crippen molar-refractivity contribution in [2.75, 3.05) is 13.2 Å². The van der Waals surface area contributed by atoms with Crippen LogP contribution in [0, 0.1) is 0 Å². The van der Waals surface area contributed by atoms with E-state index in [0.29, 0.717) is 19.4 Å². The number of rotatable bonds is 65. The lowest BCUT2D eigenvalue weighted by Crippen LogP contribution is -2.45. The molecule has 3 N–H and O–H groups in total. The van der Waals surface area contributed by atoms with E-state index in [2.05, 4.69) is 55.6 Å². The Kier molecular flexibility index (Phi) is 65.4. The van der Waals surface area contributed by atoms with Crippen LogP contribution >= 0.6 is 0 Å². The lowest BCUT2D eigenvalue weighted by atomic mass is 10.0. The molecule has 458 valence electrons. The van der Waals surface area contributed by atoms with Crippen LogP contribution < -0.4 is 5.32 Å². The third-order valence-corrected chi connectivity index (χ3v) is 16.1. The number of carbonyl (C=O) groups excluding carboxylic acids is 2. The van der Waals surface area contributed by atoms with E-state index in [9.17, 15) is 19.8 Å². The maximum Gasteiger partial charge on any atom is 0.305 e. The lowest BCUT2D eigenvalue weighted by molar-refractivity contribution is -0.143. The summed E-state index contributed by atoms with van der Waals surface area (Å²) in [4.78, 5) is 24.6. The minimum atomic E-state index is -0.851. The van der Waals surface area contributed by atoms with Crippen LogP contribution in [0.3, 0.4) is 0 Å². The average Bonchev–Trinajstić information content (AvgIpc) is 3.44. The molecule has 0 aliphatic rings. The van der Waals surface area contributed by atoms with Gasteiger partial charge in [-0.25, -0.2) is 0 Å². The quantitative estimate of drug-likeness (QED) is 0.0320. The second-order valence-corrected chi connectivity index (χ2v) is 23.9. The minimum Gasteiger partial charge on any atom is -0.466 e. The number of allylic oxidation sites excluding steroid dienone is 7. The fourth-order valence-corrected chi connectivity index (χ4v) is 10.7. The second-order valence-electron chi connectivity index (χ2n) is 23.9. The molecule has 0 aliphatic heterocycles. The molecule has 1 amide bonds. The summed E-state index contributed by atoms with van der Waals surface area (Å²) in [5.74, 6) is -0.0764. The third kappa shape index (κ3) is 63.0. The Balaban J connectivity index is 3.45. The molecule has 0 fully saturated rings. The van der Waals surface area contributed by atoms with Gasteiger partial charge >= 0.3 is 5.97 Å². The van der Waals surface area contributed by atoms with Crippen molar-refractivity contribution in [1.82, 2.24) is 5.32 Å². The van der Waals surface area contributed by atoms with E-state index < -0.39 is 12.1 Å². The topological polar surface area (TPSA) is 95.9 Å². The van der Waals surface area contributed by atoms with Gasteiger partial charge in [-0.2, -0.15) is 0 Å². The van der Waals surface area contributed by atoms with Crippen LogP contribution in [-0.2, 0) is 14.3 Å². The van der Waals surface area contributed by atoms with Crippen molar-refractivity contribution in [3.63, 3.8) is 0 Å². The molecular formula is C72H135NO5. The summed E-state index contributed by atoms with van der Waals surface area (Å²) in [6.07, 6.45) is 87.5. The van der Waals surface area contributed by atoms with Gasteiger partial charge in [0.2, 0.25) is 5.91 Å². The van der Waals surface area contributed by atoms with E-state index in [4.69, 9.17) is 4.74 Å². The molecule has 0 aromatic carbocycles. The molecule has 6 nitrogen and oxygen atoms in total. The number of hydrogen-bond donors (Lipinski definition) is 3. The Morgan fingerprint density at radius 1 is 0.359 bits per heavy atom. The SMILES string of the molecule is CCCCC/C=C\C/C=C\CCCCCCCC(=O)OCCCCCCCCCCCCC/C=C\CCCCCCCCCC(=O)NC(CO)C(O)/C=C/CCCCCCCCCCCCCCCCCCCCCCCC. The maximum atomic E-state index is 12.5. The Bertz CT molecular complexity index is 1310. The predicted octanol–water partition coefficient (Wildman–Crippen LogP) is 22.5. The van der Waals surface area contributed by atoms with E-state index in [0.717, 1.165) is 57.8 Å². The van der Waals surface area contributed by atoms with Gasteiger partial charge in [0.05, 0.1) is 25.4 Å². The van der Waals surface area contributed by atoms with Crippen molar-refractivity contribution in [3.05, 3.63) is 48.6 Å². The summed E-state index contributed by atoms with van der Waals surface area (Å²) in [5, 5.41) is 23.3. The molecule has 0 radical (unpaired) electrons. The van der Waals surface area contributed by atoms with Gasteiger partial charge in [0.25, 0.3) is 0 Å². The van der Waals surface area contributed by atoms with E-state index in [-0.39, 0.29) is 18.5 Å². The molecule has 2 unspecified atom stereocenters. The molecule has 2 atom stereocenters. The molecular weight excluding hydrogens is 959 g/mol. The van der Waals surface area contributed by atoms with Crippen LogP contribution in [-0.4, -0.2) is 47.4 Å². The van der Waals surface area contributed by atoms with Crippen LogP contribution in [0.2, 0.25) is 0 Å². The van der Waals surface area contributed by atoms with E-state index in [1.54, 1.807) is 6.08 Å². The summed E-state index contributed by atoms with van der Waals surface area (Å²) in [6, 6.07) is -0.635. The lowest BCUT2D eigenvalue weighted by Gasteiger charge is -2.20. The highest BCUT2D eigenvalue weighted by molar-refractivity contribution is 5.76. The number of nitrogens with one attached hydrogen (secondary N) is 1. The van der Waals surface area contributed by atoms with Crippen molar-refractivity contribution in [2.45, 2.75) is 386 Å². The van der Waals surface area contributed by atoms with E-state index in [1.165, 1.54) is 289 Å². The highest BCUT2D eigenvalue weighted by atomic mass is 16.5. The van der Waals surface area contributed by atoms with Gasteiger partial charge in [-0.15, -0.1) is 0 Å². The fourth-order valence-electron chi connectivity index (χ4n) is 10.7. The predicted molar refractivity (Wildman–Crippen MR) is 342 cm³/mol. The Labute approximate surface area is 486 Å². The normalized spacial score (nSPS) is 12.8. The number of aliphatic hydroxyl groups is 2. The monoisotopic (exact) mass is 1090 g/mol. The zero-order chi connectivity index (χ0) is 56.4. The van der Waals surface area contributed by atoms with Crippen molar-refractivity contribution in [2.24, 2.45) is 0 Å². The largest absolute Gasteiger partial charge is 0.466 e. The maximum absolute atomic E-state index is 12.5. The summed E-state index contributed by atoms with van der Waals surface area (Å²) in [6.45, 7) is 4.89. The van der Waals surface area contributed by atoms with Crippen LogP contribution in [0.15, 0.2) is 48.6 Å². The highest BCUT2D eigenvalue weighted by Crippen LogP contribution is 2.18. The van der Waals surface area contributed by atoms with Crippen LogP contribution in [0.4, 0.5) is 0 Å². The number of esters is 1. The Hall–Kier alpha value is -2.18. The Morgan fingerprint density at radius 2 is 0.641 bits per heavy atom. The zero-order valence-corrected chi connectivity index (χ0v) is 52.4. The minimum absolute atomic E-state index is 0.00440. The average molecular weight is 1090 g/mol. The number of ether oxygens (including phenoxy) is 1. The highest BCUT2D eigenvalue weighted by Gasteiger charge is 2.18. The number of hydrogen-bond acceptors (Lipinski definition) is 5. The molecule has 0 aliphatic carbocycles. The second kappa shape index (κ2) is 67.3. The molecule has 0 bridgehead atoms. The Morgan fingerprint density at radius 3 is 1.01 bits per heavy atom. The molecule has 78 heavy (non-hydrogen) atoms. The molecule has 0 heterocycles. The molecule has 0 aromatic rings. The van der Waals surface area contributed by atoms with Gasteiger partial charge in [-0.1, -0.05) is 319 Å². The first kappa shape index (κ1) is 75.8. The third-order valence-electron chi connectivity index (χ3n) is 16.1. The first-order chi connectivity index (χ1) is 38.5.